The molecule has 0 aliphatic carbocycles. The van der Waals surface area contributed by atoms with Crippen molar-refractivity contribution in [2.75, 3.05) is 5.73 Å². The van der Waals surface area contributed by atoms with Gasteiger partial charge >= 0.3 is 0 Å². The van der Waals surface area contributed by atoms with E-state index in [1.165, 1.54) is 6.07 Å². The van der Waals surface area contributed by atoms with Crippen LogP contribution in [0.2, 0.25) is 0 Å². The number of nitriles is 1. The van der Waals surface area contributed by atoms with Gasteiger partial charge in [-0.1, -0.05) is 34.1 Å². The van der Waals surface area contributed by atoms with Crippen molar-refractivity contribution in [2.24, 2.45) is 0 Å². The first-order chi connectivity index (χ1) is 11.5. The van der Waals surface area contributed by atoms with Gasteiger partial charge in [0.2, 0.25) is 0 Å². The monoisotopic (exact) mass is 385 g/mol. The molecule has 1 heterocycles. The van der Waals surface area contributed by atoms with Gasteiger partial charge in [-0.15, -0.1) is 0 Å². The largest absolute Gasteiger partial charge is 0.383 e. The third kappa shape index (κ3) is 2.86. The van der Waals surface area contributed by atoms with Gasteiger partial charge in [-0.3, -0.25) is 0 Å². The van der Waals surface area contributed by atoms with E-state index in [0.717, 1.165) is 22.2 Å². The second-order valence-electron chi connectivity index (χ2n) is 5.03. The Balaban J connectivity index is 2.29. The van der Waals surface area contributed by atoms with E-state index in [4.69, 9.17) is 5.73 Å². The van der Waals surface area contributed by atoms with Crippen LogP contribution in [0, 0.1) is 23.0 Å². The summed E-state index contributed by atoms with van der Waals surface area (Å²) in [6.07, 6.45) is 0. The van der Waals surface area contributed by atoms with Crippen LogP contribution in [0.4, 0.5) is 14.6 Å². The molecule has 6 heteroatoms. The molecule has 1 aromatic heterocycles. The third-order valence-electron chi connectivity index (χ3n) is 3.53. The van der Waals surface area contributed by atoms with Crippen LogP contribution in [0.25, 0.3) is 22.4 Å². The number of nitrogens with two attached hydrogens (primary N) is 1. The van der Waals surface area contributed by atoms with Crippen LogP contribution < -0.4 is 5.73 Å². The van der Waals surface area contributed by atoms with E-state index < -0.39 is 11.6 Å². The van der Waals surface area contributed by atoms with Gasteiger partial charge in [0.15, 0.2) is 0 Å². The van der Waals surface area contributed by atoms with E-state index in [2.05, 4.69) is 20.9 Å². The van der Waals surface area contributed by atoms with E-state index in [1.807, 2.05) is 30.3 Å². The Morgan fingerprint density at radius 2 is 1.75 bits per heavy atom. The summed E-state index contributed by atoms with van der Waals surface area (Å²) in [4.78, 5) is 4.24. The molecule has 0 spiro atoms. The maximum Gasteiger partial charge on any atom is 0.142 e. The molecule has 0 radical (unpaired) electrons. The van der Waals surface area contributed by atoms with Gasteiger partial charge in [-0.2, -0.15) is 5.26 Å². The molecule has 24 heavy (non-hydrogen) atoms. The zero-order valence-corrected chi connectivity index (χ0v) is 13.8. The molecule has 0 bridgehead atoms. The first-order valence-corrected chi connectivity index (χ1v) is 7.71. The number of rotatable bonds is 2. The Kier molecular flexibility index (Phi) is 4.28. The summed E-state index contributed by atoms with van der Waals surface area (Å²) >= 11 is 3.43. The summed E-state index contributed by atoms with van der Waals surface area (Å²) in [6, 6.07) is 14.0. The molecule has 2 aromatic carbocycles. The van der Waals surface area contributed by atoms with Crippen LogP contribution in [0.1, 0.15) is 5.56 Å². The fraction of sp³-hybridized carbons (Fsp3) is 0. The van der Waals surface area contributed by atoms with Gasteiger partial charge in [0.05, 0.1) is 5.69 Å². The lowest BCUT2D eigenvalue weighted by Crippen LogP contribution is -2.01. The fourth-order valence-corrected chi connectivity index (χ4v) is 2.90. The Morgan fingerprint density at radius 3 is 2.42 bits per heavy atom. The Bertz CT molecular complexity index is 980. The minimum absolute atomic E-state index is 0.00974. The maximum atomic E-state index is 14.2. The van der Waals surface area contributed by atoms with Crippen molar-refractivity contribution in [3.05, 3.63) is 70.2 Å². The van der Waals surface area contributed by atoms with Crippen LogP contribution in [-0.2, 0) is 0 Å². The van der Waals surface area contributed by atoms with Crippen molar-refractivity contribution in [1.29, 1.82) is 5.26 Å². The molecule has 3 aromatic rings. The summed E-state index contributed by atoms with van der Waals surface area (Å²) in [5.74, 6) is -1.47. The van der Waals surface area contributed by atoms with Gasteiger partial charge in [0.25, 0.3) is 0 Å². The standard InChI is InChI=1S/C18H10BrF2N3/c19-15-4-2-1-3-12(15)17-8-13(14(9-22)18(23)24-17)11-6-5-10(20)7-16(11)21/h1-8H,(H2,23,24). The van der Waals surface area contributed by atoms with Crippen molar-refractivity contribution in [2.45, 2.75) is 0 Å². The van der Waals surface area contributed by atoms with Crippen molar-refractivity contribution < 1.29 is 8.78 Å². The summed E-state index contributed by atoms with van der Waals surface area (Å²) in [7, 11) is 0. The van der Waals surface area contributed by atoms with E-state index in [1.54, 1.807) is 6.07 Å². The highest BCUT2D eigenvalue weighted by Crippen LogP contribution is 2.35. The van der Waals surface area contributed by atoms with Crippen LogP contribution in [0.15, 0.2) is 53.0 Å². The summed E-state index contributed by atoms with van der Waals surface area (Å²) in [6.45, 7) is 0. The van der Waals surface area contributed by atoms with Crippen LogP contribution in [0.3, 0.4) is 0 Å². The lowest BCUT2D eigenvalue weighted by molar-refractivity contribution is 0.585. The van der Waals surface area contributed by atoms with E-state index in [9.17, 15) is 14.0 Å². The quantitative estimate of drug-likeness (QED) is 0.681. The first kappa shape index (κ1) is 16.1. The lowest BCUT2D eigenvalue weighted by Gasteiger charge is -2.12. The summed E-state index contributed by atoms with van der Waals surface area (Å²) < 4.78 is 28.1. The predicted octanol–water partition coefficient (Wildman–Crippen LogP) is 4.91. The Morgan fingerprint density at radius 1 is 1.00 bits per heavy atom. The zero-order valence-electron chi connectivity index (χ0n) is 12.2. The second-order valence-corrected chi connectivity index (χ2v) is 5.89. The molecular weight excluding hydrogens is 376 g/mol. The molecule has 2 N–H and O–H groups in total. The molecule has 0 saturated heterocycles. The maximum absolute atomic E-state index is 14.2. The Hall–Kier alpha value is -2.78. The van der Waals surface area contributed by atoms with Crippen LogP contribution in [0.5, 0.6) is 0 Å². The third-order valence-corrected chi connectivity index (χ3v) is 4.22. The number of hydrogen-bond acceptors (Lipinski definition) is 3. The lowest BCUT2D eigenvalue weighted by atomic mass is 9.98. The van der Waals surface area contributed by atoms with Crippen molar-refractivity contribution in [3.8, 4) is 28.5 Å². The molecule has 3 rings (SSSR count). The van der Waals surface area contributed by atoms with E-state index in [-0.39, 0.29) is 22.5 Å². The number of benzene rings is 2. The van der Waals surface area contributed by atoms with Crippen molar-refractivity contribution >= 4 is 21.7 Å². The highest BCUT2D eigenvalue weighted by atomic mass is 79.9. The van der Waals surface area contributed by atoms with Crippen molar-refractivity contribution in [1.82, 2.24) is 4.98 Å². The average Bonchev–Trinajstić information content (AvgIpc) is 2.54. The van der Waals surface area contributed by atoms with Gasteiger partial charge in [0.1, 0.15) is 29.1 Å². The smallest absolute Gasteiger partial charge is 0.142 e. The number of anilines is 1. The molecular formula is C18H10BrF2N3. The van der Waals surface area contributed by atoms with Gasteiger partial charge in [-0.05, 0) is 24.3 Å². The molecule has 0 atom stereocenters. The molecule has 0 aliphatic heterocycles. The van der Waals surface area contributed by atoms with Crippen LogP contribution >= 0.6 is 15.9 Å². The summed E-state index contributed by atoms with van der Waals surface area (Å²) in [5.41, 5.74) is 7.54. The average molecular weight is 386 g/mol. The number of hydrogen-bond donors (Lipinski definition) is 1. The number of pyridine rings is 1. The SMILES string of the molecule is N#Cc1c(-c2ccc(F)cc2F)cc(-c2ccccc2Br)nc1N. The van der Waals surface area contributed by atoms with Crippen molar-refractivity contribution in [3.63, 3.8) is 0 Å². The summed E-state index contributed by atoms with van der Waals surface area (Å²) in [5, 5.41) is 9.35. The van der Waals surface area contributed by atoms with Gasteiger partial charge in [0, 0.05) is 27.2 Å². The highest BCUT2D eigenvalue weighted by Gasteiger charge is 2.17. The molecule has 0 saturated carbocycles. The van der Waals surface area contributed by atoms with E-state index in [0.29, 0.717) is 5.69 Å². The molecule has 3 nitrogen and oxygen atoms in total. The molecule has 0 unspecified atom stereocenters. The Labute approximate surface area is 145 Å². The fourth-order valence-electron chi connectivity index (χ4n) is 2.41. The first-order valence-electron chi connectivity index (χ1n) is 6.92. The topological polar surface area (TPSA) is 62.7 Å². The zero-order chi connectivity index (χ0) is 17.3. The minimum Gasteiger partial charge on any atom is -0.383 e. The number of halogens is 3. The molecule has 0 fully saturated rings. The molecule has 118 valence electrons. The van der Waals surface area contributed by atoms with Crippen LogP contribution in [-0.4, -0.2) is 4.98 Å². The molecule has 0 aliphatic rings. The predicted molar refractivity (Wildman–Crippen MR) is 91.9 cm³/mol. The number of nitrogens with zero attached hydrogens (tertiary/aromatic N) is 2. The van der Waals surface area contributed by atoms with E-state index >= 15 is 0 Å². The minimum atomic E-state index is -0.768. The molecule has 0 amide bonds. The number of aromatic nitrogens is 1. The number of nitrogen functional groups attached to an aromatic ring is 1. The second kappa shape index (κ2) is 6.38. The van der Waals surface area contributed by atoms with Gasteiger partial charge < -0.3 is 5.73 Å². The van der Waals surface area contributed by atoms with Gasteiger partial charge in [-0.25, -0.2) is 13.8 Å². The highest BCUT2D eigenvalue weighted by molar-refractivity contribution is 9.10. The normalized spacial score (nSPS) is 10.4.